The largest absolute Gasteiger partial charge is 0.494 e. The third kappa shape index (κ3) is 4.48. The van der Waals surface area contributed by atoms with E-state index in [2.05, 4.69) is 20.8 Å². The van der Waals surface area contributed by atoms with Crippen LogP contribution >= 0.6 is 11.3 Å². The zero-order valence-electron chi connectivity index (χ0n) is 14.9. The first-order chi connectivity index (χ1) is 13.1. The molecule has 3 rings (SSSR count). The van der Waals surface area contributed by atoms with Crippen LogP contribution in [0.1, 0.15) is 32.6 Å². The monoisotopic (exact) mass is 382 g/mol. The molecule has 2 amide bonds. The van der Waals surface area contributed by atoms with E-state index in [1.165, 1.54) is 17.5 Å². The molecule has 7 nitrogen and oxygen atoms in total. The van der Waals surface area contributed by atoms with Gasteiger partial charge >= 0.3 is 0 Å². The SMILES string of the molecule is CCOc1ccc(-c2nc(C)c(C(=O)NNC(=O)c3cccnc3)s2)cc1. The molecule has 0 saturated heterocycles. The van der Waals surface area contributed by atoms with Crippen LogP contribution < -0.4 is 15.6 Å². The van der Waals surface area contributed by atoms with E-state index in [0.29, 0.717) is 22.7 Å². The number of ether oxygens (including phenoxy) is 1. The number of hydrazine groups is 1. The van der Waals surface area contributed by atoms with Crippen molar-refractivity contribution in [1.82, 2.24) is 20.8 Å². The number of aryl methyl sites for hydroxylation is 1. The number of nitrogens with zero attached hydrogens (tertiary/aromatic N) is 2. The number of amides is 2. The molecule has 27 heavy (non-hydrogen) atoms. The Balaban J connectivity index is 1.68. The molecule has 8 heteroatoms. The van der Waals surface area contributed by atoms with Crippen LogP contribution in [0.2, 0.25) is 0 Å². The zero-order valence-corrected chi connectivity index (χ0v) is 15.7. The Bertz CT molecular complexity index is 939. The Morgan fingerprint density at radius 1 is 1.11 bits per heavy atom. The maximum atomic E-state index is 12.4. The minimum atomic E-state index is -0.439. The van der Waals surface area contributed by atoms with Crippen molar-refractivity contribution in [2.75, 3.05) is 6.61 Å². The van der Waals surface area contributed by atoms with Gasteiger partial charge < -0.3 is 4.74 Å². The zero-order chi connectivity index (χ0) is 19.2. The summed E-state index contributed by atoms with van der Waals surface area (Å²) < 4.78 is 5.43. The number of hydrogen-bond donors (Lipinski definition) is 2. The molecule has 0 radical (unpaired) electrons. The van der Waals surface area contributed by atoms with Gasteiger partial charge in [0.05, 0.1) is 17.9 Å². The topological polar surface area (TPSA) is 93.2 Å². The summed E-state index contributed by atoms with van der Waals surface area (Å²) >= 11 is 1.26. The summed E-state index contributed by atoms with van der Waals surface area (Å²) in [5.41, 5.74) is 6.64. The highest BCUT2D eigenvalue weighted by atomic mass is 32.1. The molecule has 0 fully saturated rings. The molecule has 0 saturated carbocycles. The van der Waals surface area contributed by atoms with Gasteiger partial charge in [-0.1, -0.05) is 0 Å². The number of hydrogen-bond acceptors (Lipinski definition) is 6. The van der Waals surface area contributed by atoms with Crippen molar-refractivity contribution in [3.8, 4) is 16.3 Å². The highest BCUT2D eigenvalue weighted by Gasteiger charge is 2.17. The first-order valence-electron chi connectivity index (χ1n) is 8.30. The molecule has 138 valence electrons. The molecule has 0 atom stereocenters. The third-order valence-corrected chi connectivity index (χ3v) is 4.83. The van der Waals surface area contributed by atoms with E-state index in [1.54, 1.807) is 25.3 Å². The molecule has 0 aliphatic carbocycles. The third-order valence-electron chi connectivity index (χ3n) is 3.63. The van der Waals surface area contributed by atoms with Crippen molar-refractivity contribution in [2.45, 2.75) is 13.8 Å². The second-order valence-electron chi connectivity index (χ2n) is 5.54. The number of aromatic nitrogens is 2. The molecule has 0 spiro atoms. The fourth-order valence-corrected chi connectivity index (χ4v) is 3.30. The number of benzene rings is 1. The van der Waals surface area contributed by atoms with Crippen LogP contribution in [-0.2, 0) is 0 Å². The van der Waals surface area contributed by atoms with Crippen molar-refractivity contribution < 1.29 is 14.3 Å². The summed E-state index contributed by atoms with van der Waals surface area (Å²) in [5.74, 6) is -0.0737. The predicted molar refractivity (Wildman–Crippen MR) is 103 cm³/mol. The molecule has 2 heterocycles. The van der Waals surface area contributed by atoms with Crippen molar-refractivity contribution in [3.63, 3.8) is 0 Å². The van der Waals surface area contributed by atoms with E-state index in [-0.39, 0.29) is 0 Å². The van der Waals surface area contributed by atoms with Crippen molar-refractivity contribution in [1.29, 1.82) is 0 Å². The van der Waals surface area contributed by atoms with Crippen molar-refractivity contribution >= 4 is 23.2 Å². The first kappa shape index (κ1) is 18.5. The minimum absolute atomic E-state index is 0.355. The van der Waals surface area contributed by atoms with E-state index in [9.17, 15) is 9.59 Å². The Hall–Kier alpha value is -3.26. The second-order valence-corrected chi connectivity index (χ2v) is 6.54. The van der Waals surface area contributed by atoms with Crippen LogP contribution in [0.25, 0.3) is 10.6 Å². The van der Waals surface area contributed by atoms with Gasteiger partial charge in [0.2, 0.25) is 0 Å². The summed E-state index contributed by atoms with van der Waals surface area (Å²) in [6, 6.07) is 10.8. The summed E-state index contributed by atoms with van der Waals surface area (Å²) in [6.45, 7) is 4.28. The van der Waals surface area contributed by atoms with E-state index < -0.39 is 11.8 Å². The molecular weight excluding hydrogens is 364 g/mol. The number of carbonyl (C=O) groups is 2. The minimum Gasteiger partial charge on any atom is -0.494 e. The summed E-state index contributed by atoms with van der Waals surface area (Å²) in [7, 11) is 0. The van der Waals surface area contributed by atoms with Gasteiger partial charge in [0.25, 0.3) is 11.8 Å². The van der Waals surface area contributed by atoms with Crippen LogP contribution in [-0.4, -0.2) is 28.4 Å². The van der Waals surface area contributed by atoms with Crippen LogP contribution in [0.4, 0.5) is 0 Å². The number of carbonyl (C=O) groups excluding carboxylic acids is 2. The average Bonchev–Trinajstić information content (AvgIpc) is 3.09. The molecular formula is C19H18N4O3S. The lowest BCUT2D eigenvalue weighted by molar-refractivity contribution is 0.0848. The quantitative estimate of drug-likeness (QED) is 0.662. The predicted octanol–water partition coefficient (Wildman–Crippen LogP) is 2.99. The average molecular weight is 382 g/mol. The Labute approximate surface area is 160 Å². The number of nitrogens with one attached hydrogen (secondary N) is 2. The lowest BCUT2D eigenvalue weighted by Gasteiger charge is -2.06. The maximum absolute atomic E-state index is 12.4. The molecule has 0 unspecified atom stereocenters. The van der Waals surface area contributed by atoms with Crippen LogP contribution in [0.15, 0.2) is 48.8 Å². The van der Waals surface area contributed by atoms with E-state index >= 15 is 0 Å². The Kier molecular flexibility index (Phi) is 5.77. The molecule has 2 aromatic heterocycles. The summed E-state index contributed by atoms with van der Waals surface area (Å²) in [4.78, 5) is 33.1. The molecule has 0 aliphatic heterocycles. The molecule has 2 N–H and O–H groups in total. The van der Waals surface area contributed by atoms with Crippen molar-refractivity contribution in [3.05, 3.63) is 64.9 Å². The maximum Gasteiger partial charge on any atom is 0.281 e. The Morgan fingerprint density at radius 3 is 2.52 bits per heavy atom. The first-order valence-corrected chi connectivity index (χ1v) is 9.11. The van der Waals surface area contributed by atoms with Gasteiger partial charge in [-0.05, 0) is 50.2 Å². The fraction of sp³-hybridized carbons (Fsp3) is 0.158. The molecule has 0 bridgehead atoms. The standard InChI is InChI=1S/C19H18N4O3S/c1-3-26-15-8-6-13(7-9-15)19-21-12(2)16(27-19)18(25)23-22-17(24)14-5-4-10-20-11-14/h4-11H,3H2,1-2H3,(H,22,24)(H,23,25). The number of pyridine rings is 1. The van der Waals surface area contributed by atoms with Crippen molar-refractivity contribution in [2.24, 2.45) is 0 Å². The van der Waals surface area contributed by atoms with E-state index in [4.69, 9.17) is 4.74 Å². The highest BCUT2D eigenvalue weighted by Crippen LogP contribution is 2.29. The molecule has 3 aromatic rings. The lowest BCUT2D eigenvalue weighted by atomic mass is 10.2. The lowest BCUT2D eigenvalue weighted by Crippen LogP contribution is -2.41. The summed E-state index contributed by atoms with van der Waals surface area (Å²) in [6.07, 6.45) is 2.99. The fourth-order valence-electron chi connectivity index (χ4n) is 2.33. The normalized spacial score (nSPS) is 10.3. The van der Waals surface area contributed by atoms with Crippen LogP contribution in [0.3, 0.4) is 0 Å². The van der Waals surface area contributed by atoms with Crippen LogP contribution in [0, 0.1) is 6.92 Å². The summed E-state index contributed by atoms with van der Waals surface area (Å²) in [5, 5.41) is 0.722. The van der Waals surface area contributed by atoms with E-state index in [1.807, 2.05) is 31.2 Å². The van der Waals surface area contributed by atoms with Gasteiger partial charge in [-0.25, -0.2) is 4.98 Å². The Morgan fingerprint density at radius 2 is 1.85 bits per heavy atom. The highest BCUT2D eigenvalue weighted by molar-refractivity contribution is 7.17. The second kappa shape index (κ2) is 8.41. The van der Waals surface area contributed by atoms with Gasteiger partial charge in [0.15, 0.2) is 0 Å². The van der Waals surface area contributed by atoms with Crippen LogP contribution in [0.5, 0.6) is 5.75 Å². The number of thiazole rings is 1. The van der Waals surface area contributed by atoms with Gasteiger partial charge in [-0.15, -0.1) is 11.3 Å². The van der Waals surface area contributed by atoms with Gasteiger partial charge in [0, 0.05) is 18.0 Å². The number of rotatable bonds is 5. The van der Waals surface area contributed by atoms with Gasteiger partial charge in [-0.3, -0.25) is 25.4 Å². The van der Waals surface area contributed by atoms with Gasteiger partial charge in [-0.2, -0.15) is 0 Å². The molecule has 1 aromatic carbocycles. The van der Waals surface area contributed by atoms with E-state index in [0.717, 1.165) is 16.3 Å². The molecule has 0 aliphatic rings. The smallest absolute Gasteiger partial charge is 0.281 e. The van der Waals surface area contributed by atoms with Gasteiger partial charge in [0.1, 0.15) is 15.6 Å².